The number of aromatic nitrogens is 2. The number of halogens is 4. The second kappa shape index (κ2) is 5.88. The molecule has 3 rings (SSSR count). The van der Waals surface area contributed by atoms with E-state index in [-0.39, 0.29) is 10.4 Å². The summed E-state index contributed by atoms with van der Waals surface area (Å²) in [6.07, 6.45) is -1.51. The van der Waals surface area contributed by atoms with Crippen LogP contribution in [0.5, 0.6) is 0 Å². The highest BCUT2D eigenvalue weighted by atomic mass is 35.5. The number of nitrogens with zero attached hydrogens (tertiary/aromatic N) is 1. The fourth-order valence-electron chi connectivity index (χ4n) is 3.77. The van der Waals surface area contributed by atoms with Crippen molar-refractivity contribution < 1.29 is 13.2 Å². The molecule has 0 fully saturated rings. The summed E-state index contributed by atoms with van der Waals surface area (Å²) in [5.74, 6) is 0.681. The van der Waals surface area contributed by atoms with Gasteiger partial charge in [0.1, 0.15) is 0 Å². The van der Waals surface area contributed by atoms with Gasteiger partial charge in [-0.25, -0.2) is 0 Å². The number of benzene rings is 1. The van der Waals surface area contributed by atoms with Crippen LogP contribution in [-0.2, 0) is 6.18 Å². The highest BCUT2D eigenvalue weighted by Gasteiger charge is 2.43. The van der Waals surface area contributed by atoms with E-state index in [4.69, 9.17) is 23.8 Å². The maximum Gasteiger partial charge on any atom is 0.416 e. The van der Waals surface area contributed by atoms with Gasteiger partial charge in [0.25, 0.3) is 0 Å². The van der Waals surface area contributed by atoms with Gasteiger partial charge in [-0.05, 0) is 42.6 Å². The molecule has 136 valence electrons. The first kappa shape index (κ1) is 18.5. The number of imidazole rings is 1. The molecule has 0 bridgehead atoms. The maximum absolute atomic E-state index is 13.2. The van der Waals surface area contributed by atoms with E-state index < -0.39 is 11.7 Å². The molecule has 1 unspecified atom stereocenters. The van der Waals surface area contributed by atoms with E-state index in [9.17, 15) is 13.2 Å². The van der Waals surface area contributed by atoms with Crippen molar-refractivity contribution in [3.8, 4) is 0 Å². The Morgan fingerprint density at radius 1 is 1.36 bits per heavy atom. The van der Waals surface area contributed by atoms with E-state index >= 15 is 0 Å². The third kappa shape index (κ3) is 2.74. The van der Waals surface area contributed by atoms with E-state index in [0.717, 1.165) is 24.3 Å². The second-order valence-corrected chi connectivity index (χ2v) is 8.07. The van der Waals surface area contributed by atoms with Gasteiger partial charge in [0.05, 0.1) is 21.6 Å². The minimum Gasteiger partial charge on any atom is -0.329 e. The summed E-state index contributed by atoms with van der Waals surface area (Å²) < 4.78 is 41.8. The Kier molecular flexibility index (Phi) is 4.35. The molecule has 0 amide bonds. The van der Waals surface area contributed by atoms with Gasteiger partial charge in [-0.15, -0.1) is 0 Å². The second-order valence-electron chi connectivity index (χ2n) is 7.28. The van der Waals surface area contributed by atoms with Crippen molar-refractivity contribution in [1.82, 2.24) is 9.55 Å². The van der Waals surface area contributed by atoms with Crippen LogP contribution in [0.1, 0.15) is 39.7 Å². The molecule has 0 spiro atoms. The van der Waals surface area contributed by atoms with Crippen molar-refractivity contribution in [2.75, 3.05) is 0 Å². The van der Waals surface area contributed by atoms with Crippen molar-refractivity contribution in [2.45, 2.75) is 40.3 Å². The summed E-state index contributed by atoms with van der Waals surface area (Å²) in [4.78, 5) is 2.98. The van der Waals surface area contributed by atoms with Crippen molar-refractivity contribution in [3.05, 3.63) is 33.6 Å². The Morgan fingerprint density at radius 2 is 2.00 bits per heavy atom. The molecule has 1 aliphatic rings. The zero-order valence-corrected chi connectivity index (χ0v) is 16.0. The van der Waals surface area contributed by atoms with E-state index in [2.05, 4.69) is 38.8 Å². The molecule has 7 heteroatoms. The van der Waals surface area contributed by atoms with Crippen LogP contribution in [0.25, 0.3) is 16.7 Å². The zero-order valence-electron chi connectivity index (χ0n) is 14.5. The normalized spacial score (nSPS) is 24.4. The summed E-state index contributed by atoms with van der Waals surface area (Å²) in [6.45, 7) is 8.57. The van der Waals surface area contributed by atoms with E-state index in [1.807, 2.05) is 0 Å². The fourth-order valence-corrected chi connectivity index (χ4v) is 4.33. The van der Waals surface area contributed by atoms with Gasteiger partial charge < -0.3 is 4.98 Å². The molecule has 2 atom stereocenters. The SMILES string of the molecule is CC(C)[C@]1(C)C(n2c(=S)[nH]c3c(Cl)cc(C(F)(F)F)cc32)=CCC1C. The smallest absolute Gasteiger partial charge is 0.329 e. The van der Waals surface area contributed by atoms with E-state index in [1.165, 1.54) is 0 Å². The average Bonchev–Trinajstić information content (AvgIpc) is 2.97. The van der Waals surface area contributed by atoms with Crippen molar-refractivity contribution >= 4 is 40.5 Å². The molecule has 2 aromatic rings. The van der Waals surface area contributed by atoms with E-state index in [1.54, 1.807) is 4.57 Å². The van der Waals surface area contributed by atoms with Gasteiger partial charge in [0.15, 0.2) is 4.77 Å². The summed E-state index contributed by atoms with van der Waals surface area (Å²) >= 11 is 11.6. The van der Waals surface area contributed by atoms with Crippen LogP contribution < -0.4 is 0 Å². The van der Waals surface area contributed by atoms with Crippen LogP contribution >= 0.6 is 23.8 Å². The Morgan fingerprint density at radius 3 is 2.56 bits per heavy atom. The Bertz CT molecular complexity index is 923. The molecule has 1 aliphatic carbocycles. The maximum atomic E-state index is 13.2. The van der Waals surface area contributed by atoms with Gasteiger partial charge in [0, 0.05) is 11.1 Å². The molecule has 1 aromatic carbocycles. The number of H-pyrrole nitrogens is 1. The van der Waals surface area contributed by atoms with Crippen molar-refractivity contribution in [1.29, 1.82) is 0 Å². The van der Waals surface area contributed by atoms with Crippen molar-refractivity contribution in [3.63, 3.8) is 0 Å². The van der Waals surface area contributed by atoms with E-state index in [0.29, 0.717) is 27.6 Å². The topological polar surface area (TPSA) is 20.7 Å². The predicted octanol–water partition coefficient (Wildman–Crippen LogP) is 6.91. The number of rotatable bonds is 2. The average molecular weight is 389 g/mol. The summed E-state index contributed by atoms with van der Waals surface area (Å²) in [5, 5.41) is 0.0209. The Labute approximate surface area is 154 Å². The highest BCUT2D eigenvalue weighted by Crippen LogP contribution is 2.52. The summed E-state index contributed by atoms with van der Waals surface area (Å²) in [7, 11) is 0. The molecule has 2 nitrogen and oxygen atoms in total. The molecule has 1 heterocycles. The molecular formula is C18H20ClF3N2S. The fraction of sp³-hybridized carbons (Fsp3) is 0.500. The lowest BCUT2D eigenvalue weighted by Crippen LogP contribution is -2.31. The number of aromatic amines is 1. The molecule has 0 radical (unpaired) electrons. The van der Waals surface area contributed by atoms with Crippen LogP contribution in [0.2, 0.25) is 5.02 Å². The third-order valence-corrected chi connectivity index (χ3v) is 6.34. The molecular weight excluding hydrogens is 369 g/mol. The highest BCUT2D eigenvalue weighted by molar-refractivity contribution is 7.71. The Balaban J connectivity index is 2.32. The zero-order chi connectivity index (χ0) is 18.7. The van der Waals surface area contributed by atoms with Gasteiger partial charge in [0.2, 0.25) is 0 Å². The molecule has 0 aliphatic heterocycles. The summed E-state index contributed by atoms with van der Waals surface area (Å²) in [6, 6.07) is 2.06. The quantitative estimate of drug-likeness (QED) is 0.554. The van der Waals surface area contributed by atoms with Gasteiger partial charge in [-0.2, -0.15) is 13.2 Å². The monoisotopic (exact) mass is 388 g/mol. The molecule has 0 saturated carbocycles. The van der Waals surface area contributed by atoms with Crippen LogP contribution in [0.4, 0.5) is 13.2 Å². The molecule has 25 heavy (non-hydrogen) atoms. The number of fused-ring (bicyclic) bond motifs is 1. The minimum atomic E-state index is -4.47. The molecule has 1 aromatic heterocycles. The van der Waals surface area contributed by atoms with Gasteiger partial charge >= 0.3 is 6.18 Å². The van der Waals surface area contributed by atoms with Crippen LogP contribution in [0.15, 0.2) is 18.2 Å². The van der Waals surface area contributed by atoms with Gasteiger partial charge in [-0.3, -0.25) is 4.57 Å². The first-order valence-corrected chi connectivity index (χ1v) is 8.99. The lowest BCUT2D eigenvalue weighted by Gasteiger charge is -2.37. The Hall–Kier alpha value is -1.27. The number of hydrogen-bond acceptors (Lipinski definition) is 1. The largest absolute Gasteiger partial charge is 0.416 e. The van der Waals surface area contributed by atoms with Crippen LogP contribution in [0, 0.1) is 22.0 Å². The number of nitrogens with one attached hydrogen (secondary N) is 1. The van der Waals surface area contributed by atoms with Crippen molar-refractivity contribution in [2.24, 2.45) is 17.3 Å². The lowest BCUT2D eigenvalue weighted by atomic mass is 9.70. The first-order valence-electron chi connectivity index (χ1n) is 8.20. The minimum absolute atomic E-state index is 0.0209. The number of allylic oxidation sites excluding steroid dienone is 2. The standard InChI is InChI=1S/C18H20ClF3N2S/c1-9(2)17(4)10(3)5-6-14(17)24-13-8-11(18(20,21)22)7-12(19)15(13)23-16(24)25/h6-10H,5H2,1-4H3,(H,23,25)/t10?,17-/m0/s1. The number of alkyl halides is 3. The first-order chi connectivity index (χ1) is 11.5. The predicted molar refractivity (Wildman–Crippen MR) is 98.1 cm³/mol. The molecule has 0 saturated heterocycles. The molecule has 1 N–H and O–H groups in total. The number of hydrogen-bond donors (Lipinski definition) is 1. The third-order valence-electron chi connectivity index (χ3n) is 5.75. The van der Waals surface area contributed by atoms with Gasteiger partial charge in [-0.1, -0.05) is 45.4 Å². The summed E-state index contributed by atoms with van der Waals surface area (Å²) in [5.41, 5.74) is 0.796. The van der Waals surface area contributed by atoms with Crippen LogP contribution in [-0.4, -0.2) is 9.55 Å². The lowest BCUT2D eigenvalue weighted by molar-refractivity contribution is -0.137. The van der Waals surface area contributed by atoms with Crippen LogP contribution in [0.3, 0.4) is 0 Å².